The normalized spacial score (nSPS) is 25.1. The minimum atomic E-state index is -0.00285. The summed E-state index contributed by atoms with van der Waals surface area (Å²) in [7, 11) is 1.63. The maximum atomic E-state index is 12.5. The molecule has 1 aromatic carbocycles. The molecule has 0 saturated carbocycles. The number of hydrogen-bond donors (Lipinski definition) is 1. The number of carbonyl (C=O) groups excluding carboxylic acids is 1. The van der Waals surface area contributed by atoms with Crippen LogP contribution in [0.3, 0.4) is 0 Å². The second-order valence-corrected chi connectivity index (χ2v) is 8.26. The number of piperidine rings is 2. The molecule has 2 fully saturated rings. The Morgan fingerprint density at radius 3 is 2.54 bits per heavy atom. The number of ether oxygens (including phenoxy) is 1. The van der Waals surface area contributed by atoms with Crippen molar-refractivity contribution in [2.24, 2.45) is 17.8 Å². The summed E-state index contributed by atoms with van der Waals surface area (Å²) in [6, 6.07) is 7.51. The van der Waals surface area contributed by atoms with Crippen LogP contribution in [0.15, 0.2) is 24.3 Å². The largest absolute Gasteiger partial charge is 0.497 e. The number of carbonyl (C=O) groups is 1. The fourth-order valence-electron chi connectivity index (χ4n) is 4.53. The number of anilines is 1. The zero-order chi connectivity index (χ0) is 18.5. The van der Waals surface area contributed by atoms with Gasteiger partial charge in [-0.2, -0.15) is 0 Å². The van der Waals surface area contributed by atoms with E-state index in [0.29, 0.717) is 5.92 Å². The molecule has 26 heavy (non-hydrogen) atoms. The molecule has 0 aliphatic carbocycles. The summed E-state index contributed by atoms with van der Waals surface area (Å²) in [6.45, 7) is 10.1. The molecule has 0 unspecified atom stereocenters. The Morgan fingerprint density at radius 2 is 1.88 bits per heavy atom. The standard InChI is InChI=1S/C21H33N3O2/c1-16-11-17(2)14-23(13-16)15-18-7-9-24(10-8-18)21(25)22-19-5-4-6-20(12-19)26-3/h4-6,12,16-18H,7-11,13-15H2,1-3H3,(H,22,25)/t16-,17-/m0/s1. The smallest absolute Gasteiger partial charge is 0.321 e. The number of urea groups is 1. The number of hydrogen-bond acceptors (Lipinski definition) is 3. The van der Waals surface area contributed by atoms with Gasteiger partial charge in [0.1, 0.15) is 5.75 Å². The van der Waals surface area contributed by atoms with E-state index >= 15 is 0 Å². The lowest BCUT2D eigenvalue weighted by molar-refractivity contribution is 0.101. The number of benzene rings is 1. The van der Waals surface area contributed by atoms with Crippen LogP contribution in [0.1, 0.15) is 33.1 Å². The highest BCUT2D eigenvalue weighted by atomic mass is 16.5. The van der Waals surface area contributed by atoms with Gasteiger partial charge in [-0.3, -0.25) is 0 Å². The highest BCUT2D eigenvalue weighted by Gasteiger charge is 2.27. The summed E-state index contributed by atoms with van der Waals surface area (Å²) >= 11 is 0. The minimum Gasteiger partial charge on any atom is -0.497 e. The van der Waals surface area contributed by atoms with Crippen LogP contribution in [0.25, 0.3) is 0 Å². The monoisotopic (exact) mass is 359 g/mol. The van der Waals surface area contributed by atoms with Crippen LogP contribution in [0.4, 0.5) is 10.5 Å². The first-order valence-corrected chi connectivity index (χ1v) is 9.96. The molecular formula is C21H33N3O2. The van der Waals surface area contributed by atoms with Gasteiger partial charge in [0.25, 0.3) is 0 Å². The van der Waals surface area contributed by atoms with Crippen LogP contribution in [0.5, 0.6) is 5.75 Å². The molecule has 2 aliphatic rings. The van der Waals surface area contributed by atoms with Crippen LogP contribution in [0.2, 0.25) is 0 Å². The zero-order valence-corrected chi connectivity index (χ0v) is 16.4. The molecule has 5 heteroatoms. The number of nitrogens with zero attached hydrogens (tertiary/aromatic N) is 2. The van der Waals surface area contributed by atoms with Gasteiger partial charge < -0.3 is 19.9 Å². The molecule has 0 spiro atoms. The Hall–Kier alpha value is -1.75. The molecule has 1 N–H and O–H groups in total. The lowest BCUT2D eigenvalue weighted by Gasteiger charge is -2.39. The lowest BCUT2D eigenvalue weighted by Crippen LogP contribution is -2.46. The maximum absolute atomic E-state index is 12.5. The molecule has 0 radical (unpaired) electrons. The molecule has 5 nitrogen and oxygen atoms in total. The van der Waals surface area contributed by atoms with Gasteiger partial charge in [0, 0.05) is 44.5 Å². The Balaban J connectivity index is 1.45. The maximum Gasteiger partial charge on any atom is 0.321 e. The van der Waals surface area contributed by atoms with Crippen molar-refractivity contribution < 1.29 is 9.53 Å². The van der Waals surface area contributed by atoms with Crippen molar-refractivity contribution >= 4 is 11.7 Å². The summed E-state index contributed by atoms with van der Waals surface area (Å²) in [5.74, 6) is 3.10. The number of methoxy groups -OCH3 is 1. The highest BCUT2D eigenvalue weighted by Crippen LogP contribution is 2.25. The van der Waals surface area contributed by atoms with E-state index < -0.39 is 0 Å². The molecular weight excluding hydrogens is 326 g/mol. The molecule has 2 aliphatic heterocycles. The van der Waals surface area contributed by atoms with Crippen molar-refractivity contribution in [3.05, 3.63) is 24.3 Å². The van der Waals surface area contributed by atoms with Crippen molar-refractivity contribution in [3.8, 4) is 5.75 Å². The summed E-state index contributed by atoms with van der Waals surface area (Å²) < 4.78 is 5.21. The van der Waals surface area contributed by atoms with Crippen LogP contribution in [0, 0.1) is 17.8 Å². The second kappa shape index (κ2) is 8.76. The second-order valence-electron chi connectivity index (χ2n) is 8.26. The summed E-state index contributed by atoms with van der Waals surface area (Å²) in [4.78, 5) is 17.1. The van der Waals surface area contributed by atoms with E-state index in [-0.39, 0.29) is 6.03 Å². The van der Waals surface area contributed by atoms with Gasteiger partial charge in [-0.25, -0.2) is 4.79 Å². The average molecular weight is 360 g/mol. The number of rotatable bonds is 4. The molecule has 2 atom stereocenters. The van der Waals surface area contributed by atoms with E-state index in [1.807, 2.05) is 29.2 Å². The van der Waals surface area contributed by atoms with Crippen molar-refractivity contribution in [2.75, 3.05) is 45.2 Å². The molecule has 144 valence electrons. The Kier molecular flexibility index (Phi) is 6.41. The fraction of sp³-hybridized carbons (Fsp3) is 0.667. The summed E-state index contributed by atoms with van der Waals surface area (Å²) in [6.07, 6.45) is 3.56. The lowest BCUT2D eigenvalue weighted by atomic mass is 9.89. The summed E-state index contributed by atoms with van der Waals surface area (Å²) in [5, 5.41) is 2.99. The first kappa shape index (κ1) is 19.0. The molecule has 2 saturated heterocycles. The number of nitrogens with one attached hydrogen (secondary N) is 1. The van der Waals surface area contributed by atoms with E-state index in [1.54, 1.807) is 7.11 Å². The van der Waals surface area contributed by atoms with Gasteiger partial charge in [0.15, 0.2) is 0 Å². The predicted octanol–water partition coefficient (Wildman–Crippen LogP) is 3.92. The van der Waals surface area contributed by atoms with Crippen molar-refractivity contribution in [3.63, 3.8) is 0 Å². The number of amides is 2. The van der Waals surface area contributed by atoms with E-state index in [1.165, 1.54) is 26.1 Å². The van der Waals surface area contributed by atoms with Crippen LogP contribution in [-0.2, 0) is 0 Å². The van der Waals surface area contributed by atoms with Gasteiger partial charge in [-0.1, -0.05) is 19.9 Å². The zero-order valence-electron chi connectivity index (χ0n) is 16.4. The van der Waals surface area contributed by atoms with Crippen LogP contribution < -0.4 is 10.1 Å². The van der Waals surface area contributed by atoms with E-state index in [4.69, 9.17) is 4.74 Å². The SMILES string of the molecule is COc1cccc(NC(=O)N2CCC(CN3C[C@@H](C)C[C@H](C)C3)CC2)c1. The first-order valence-electron chi connectivity index (χ1n) is 9.96. The third-order valence-corrected chi connectivity index (χ3v) is 5.68. The third-order valence-electron chi connectivity index (χ3n) is 5.68. The van der Waals surface area contributed by atoms with Crippen molar-refractivity contribution in [1.82, 2.24) is 9.80 Å². The number of likely N-dealkylation sites (tertiary alicyclic amines) is 2. The Bertz CT molecular complexity index is 589. The van der Waals surface area contributed by atoms with E-state index in [9.17, 15) is 4.79 Å². The Morgan fingerprint density at radius 1 is 1.19 bits per heavy atom. The van der Waals surface area contributed by atoms with Crippen LogP contribution >= 0.6 is 0 Å². The van der Waals surface area contributed by atoms with Gasteiger partial charge in [-0.05, 0) is 49.1 Å². The molecule has 1 aromatic rings. The van der Waals surface area contributed by atoms with Crippen molar-refractivity contribution in [1.29, 1.82) is 0 Å². The van der Waals surface area contributed by atoms with Crippen molar-refractivity contribution in [2.45, 2.75) is 33.1 Å². The van der Waals surface area contributed by atoms with Gasteiger partial charge in [0.05, 0.1) is 7.11 Å². The van der Waals surface area contributed by atoms with E-state index in [0.717, 1.165) is 49.2 Å². The molecule has 2 heterocycles. The first-order chi connectivity index (χ1) is 12.5. The van der Waals surface area contributed by atoms with Gasteiger partial charge in [-0.15, -0.1) is 0 Å². The van der Waals surface area contributed by atoms with Gasteiger partial charge >= 0.3 is 6.03 Å². The molecule has 0 bridgehead atoms. The molecule has 0 aromatic heterocycles. The third kappa shape index (κ3) is 5.13. The molecule has 3 rings (SSSR count). The average Bonchev–Trinajstić information content (AvgIpc) is 2.61. The minimum absolute atomic E-state index is 0.00285. The quantitative estimate of drug-likeness (QED) is 0.886. The fourth-order valence-corrected chi connectivity index (χ4v) is 4.53. The predicted molar refractivity (Wildman–Crippen MR) is 106 cm³/mol. The highest BCUT2D eigenvalue weighted by molar-refractivity contribution is 5.89. The van der Waals surface area contributed by atoms with Gasteiger partial charge in [0.2, 0.25) is 0 Å². The van der Waals surface area contributed by atoms with E-state index in [2.05, 4.69) is 24.1 Å². The molecule has 2 amide bonds. The Labute approximate surface area is 157 Å². The summed E-state index contributed by atoms with van der Waals surface area (Å²) in [5.41, 5.74) is 0.785. The topological polar surface area (TPSA) is 44.8 Å². The van der Waals surface area contributed by atoms with Crippen LogP contribution in [-0.4, -0.2) is 55.7 Å².